The fourth-order valence-corrected chi connectivity index (χ4v) is 1.60. The van der Waals surface area contributed by atoms with E-state index in [0.29, 0.717) is 0 Å². The minimum absolute atomic E-state index is 0.0680. The lowest BCUT2D eigenvalue weighted by Crippen LogP contribution is -2.19. The first-order valence-electron chi connectivity index (χ1n) is 3.57. The van der Waals surface area contributed by atoms with Crippen LogP contribution in [0.25, 0.3) is 0 Å². The van der Waals surface area contributed by atoms with Crippen LogP contribution in [0.5, 0.6) is 0 Å². The van der Waals surface area contributed by atoms with Gasteiger partial charge in [0.1, 0.15) is 6.34 Å². The third-order valence-electron chi connectivity index (χ3n) is 1.61. The van der Waals surface area contributed by atoms with Crippen molar-refractivity contribution in [2.75, 3.05) is 0 Å². The summed E-state index contributed by atoms with van der Waals surface area (Å²) in [5, 5.41) is 12.4. The third-order valence-corrected chi connectivity index (χ3v) is 2.27. The van der Waals surface area contributed by atoms with Crippen LogP contribution in [0.2, 0.25) is 0 Å². The Balaban J connectivity index is 2.32. The zero-order chi connectivity index (χ0) is 9.26. The van der Waals surface area contributed by atoms with Gasteiger partial charge in [0, 0.05) is 6.20 Å². The molecular weight excluding hydrogens is 188 g/mol. The van der Waals surface area contributed by atoms with Crippen LogP contribution < -0.4 is 0 Å². The van der Waals surface area contributed by atoms with E-state index in [9.17, 15) is 4.79 Å². The summed E-state index contributed by atoms with van der Waals surface area (Å²) in [5.41, 5.74) is 0.901. The van der Waals surface area contributed by atoms with Crippen molar-refractivity contribution < 1.29 is 9.90 Å². The highest BCUT2D eigenvalue weighted by Gasteiger charge is 2.15. The summed E-state index contributed by atoms with van der Waals surface area (Å²) < 4.78 is 0. The molecule has 13 heavy (non-hydrogen) atoms. The number of rotatable bonds is 1. The molecule has 2 aliphatic rings. The van der Waals surface area contributed by atoms with Gasteiger partial charge in [0.2, 0.25) is 0 Å². The van der Waals surface area contributed by atoms with Gasteiger partial charge in [-0.2, -0.15) is 0 Å². The van der Waals surface area contributed by atoms with E-state index >= 15 is 0 Å². The van der Waals surface area contributed by atoms with Gasteiger partial charge >= 0.3 is 5.97 Å². The summed E-state index contributed by atoms with van der Waals surface area (Å²) >= 11 is 1.51. The predicted molar refractivity (Wildman–Crippen MR) is 50.9 cm³/mol. The van der Waals surface area contributed by atoms with E-state index in [-0.39, 0.29) is 5.70 Å². The van der Waals surface area contributed by atoms with E-state index in [1.807, 2.05) is 17.0 Å². The minimum atomic E-state index is -1.00. The highest BCUT2D eigenvalue weighted by Crippen LogP contribution is 2.23. The number of allylic oxidation sites excluding steroid dienone is 1. The number of fused-ring (bicyclic) bond motifs is 1. The summed E-state index contributed by atoms with van der Waals surface area (Å²) in [6, 6.07) is 0. The molecule has 0 radical (unpaired) electrons. The molecule has 0 aromatic rings. The second-order valence-electron chi connectivity index (χ2n) is 2.45. The summed E-state index contributed by atoms with van der Waals surface area (Å²) in [4.78, 5) is 16.1. The van der Waals surface area contributed by atoms with E-state index < -0.39 is 5.97 Å². The maximum atomic E-state index is 10.6. The first kappa shape index (κ1) is 8.12. The Bertz CT molecular complexity index is 368. The number of aliphatic carboxylic acids is 1. The number of hydrogen-bond donors (Lipinski definition) is 1. The van der Waals surface area contributed by atoms with Gasteiger partial charge in [0.15, 0.2) is 5.70 Å². The van der Waals surface area contributed by atoms with Crippen LogP contribution in [-0.4, -0.2) is 22.3 Å². The Hall–Kier alpha value is -1.49. The Morgan fingerprint density at radius 3 is 3.23 bits per heavy atom. The zero-order valence-electron chi connectivity index (χ0n) is 6.54. The lowest BCUT2D eigenvalue weighted by molar-refractivity contribution is -0.132. The fraction of sp³-hybridized carbons (Fsp3) is 0. The molecule has 0 bridgehead atoms. The maximum Gasteiger partial charge on any atom is 0.354 e. The van der Waals surface area contributed by atoms with Crippen LogP contribution in [0, 0.1) is 0 Å². The van der Waals surface area contributed by atoms with Gasteiger partial charge in [-0.15, -0.1) is 11.8 Å². The van der Waals surface area contributed by atoms with Gasteiger partial charge < -0.3 is 10.0 Å². The van der Waals surface area contributed by atoms with E-state index in [4.69, 9.17) is 5.11 Å². The second kappa shape index (κ2) is 3.10. The van der Waals surface area contributed by atoms with Crippen molar-refractivity contribution >= 4 is 24.1 Å². The van der Waals surface area contributed by atoms with Crippen molar-refractivity contribution in [3.05, 3.63) is 34.5 Å². The molecule has 0 amide bonds. The number of nitrogens with zero attached hydrogens (tertiary/aromatic N) is 2. The number of thioether (sulfide) groups is 1. The van der Waals surface area contributed by atoms with Gasteiger partial charge in [-0.1, -0.05) is 0 Å². The van der Waals surface area contributed by atoms with Crippen molar-refractivity contribution in [1.82, 2.24) is 4.90 Å². The van der Waals surface area contributed by atoms with Crippen LogP contribution >= 0.6 is 11.8 Å². The molecule has 0 aliphatic carbocycles. The monoisotopic (exact) mass is 194 g/mol. The average Bonchev–Trinajstić information content (AvgIpc) is 2.17. The minimum Gasteiger partial charge on any atom is -0.477 e. The lowest BCUT2D eigenvalue weighted by atomic mass is 10.3. The van der Waals surface area contributed by atoms with Crippen LogP contribution in [0.3, 0.4) is 0 Å². The third kappa shape index (κ3) is 1.50. The highest BCUT2D eigenvalue weighted by molar-refractivity contribution is 8.04. The molecule has 0 saturated carbocycles. The fourth-order valence-electron chi connectivity index (χ4n) is 0.989. The standard InChI is InChI=1S/C8H6N2O2S/c11-8(12)7-3-6-4-13-2-1-10(6)5-9-7/h1-5H,(H,11,12). The van der Waals surface area contributed by atoms with Gasteiger partial charge in [0.25, 0.3) is 0 Å². The first-order valence-corrected chi connectivity index (χ1v) is 4.51. The molecule has 66 valence electrons. The highest BCUT2D eigenvalue weighted by atomic mass is 32.2. The molecule has 1 N–H and O–H groups in total. The Morgan fingerprint density at radius 2 is 2.46 bits per heavy atom. The van der Waals surface area contributed by atoms with Crippen molar-refractivity contribution in [2.45, 2.75) is 0 Å². The van der Waals surface area contributed by atoms with E-state index in [1.54, 1.807) is 11.0 Å². The van der Waals surface area contributed by atoms with Crippen molar-refractivity contribution in [2.24, 2.45) is 4.99 Å². The summed E-state index contributed by atoms with van der Waals surface area (Å²) in [6.45, 7) is 0. The Morgan fingerprint density at radius 1 is 1.62 bits per heavy atom. The molecule has 2 aliphatic heterocycles. The van der Waals surface area contributed by atoms with Crippen molar-refractivity contribution in [3.63, 3.8) is 0 Å². The van der Waals surface area contributed by atoms with E-state index in [2.05, 4.69) is 4.99 Å². The Labute approximate surface area is 78.9 Å². The van der Waals surface area contributed by atoms with Crippen LogP contribution in [0.1, 0.15) is 0 Å². The average molecular weight is 194 g/mol. The zero-order valence-corrected chi connectivity index (χ0v) is 7.36. The van der Waals surface area contributed by atoms with Gasteiger partial charge in [-0.25, -0.2) is 9.79 Å². The quantitative estimate of drug-likeness (QED) is 0.684. The maximum absolute atomic E-state index is 10.6. The molecule has 0 atom stereocenters. The summed E-state index contributed by atoms with van der Waals surface area (Å²) in [6.07, 6.45) is 4.86. The number of hydrogen-bond acceptors (Lipinski definition) is 4. The topological polar surface area (TPSA) is 52.9 Å². The van der Waals surface area contributed by atoms with Crippen molar-refractivity contribution in [3.8, 4) is 0 Å². The van der Waals surface area contributed by atoms with Gasteiger partial charge in [-0.3, -0.25) is 0 Å². The molecule has 5 heteroatoms. The normalized spacial score (nSPS) is 19.2. The van der Waals surface area contributed by atoms with Crippen molar-refractivity contribution in [1.29, 1.82) is 0 Å². The molecule has 2 heterocycles. The molecule has 4 nitrogen and oxygen atoms in total. The molecule has 0 fully saturated rings. The van der Waals surface area contributed by atoms with Gasteiger partial charge in [-0.05, 0) is 16.9 Å². The molecule has 0 unspecified atom stereocenters. The van der Waals surface area contributed by atoms with E-state index in [0.717, 1.165) is 5.70 Å². The predicted octanol–water partition coefficient (Wildman–Crippen LogP) is 1.36. The SMILES string of the molecule is O=C(O)C1=CC2=CSC=CN2C=N1. The van der Waals surface area contributed by atoms with E-state index in [1.165, 1.54) is 18.1 Å². The summed E-state index contributed by atoms with van der Waals surface area (Å²) in [7, 11) is 0. The number of aliphatic imine (C=N–C) groups is 1. The molecule has 2 rings (SSSR count). The Kier molecular flexibility index (Phi) is 1.94. The molecule has 0 saturated heterocycles. The van der Waals surface area contributed by atoms with Gasteiger partial charge in [0.05, 0.1) is 5.70 Å². The summed E-state index contributed by atoms with van der Waals surface area (Å²) in [5.74, 6) is -1.00. The molecule has 0 aromatic carbocycles. The van der Waals surface area contributed by atoms with Crippen LogP contribution in [0.15, 0.2) is 39.5 Å². The number of carboxylic acids is 1. The lowest BCUT2D eigenvalue weighted by Gasteiger charge is -2.21. The second-order valence-corrected chi connectivity index (χ2v) is 3.23. The smallest absolute Gasteiger partial charge is 0.354 e. The number of carboxylic acid groups (broad SMARTS) is 1. The number of carbonyl (C=O) groups is 1. The molecule has 0 aromatic heterocycles. The van der Waals surface area contributed by atoms with Crippen LogP contribution in [0.4, 0.5) is 0 Å². The van der Waals surface area contributed by atoms with Crippen LogP contribution in [-0.2, 0) is 4.79 Å². The molecule has 0 spiro atoms. The largest absolute Gasteiger partial charge is 0.477 e. The first-order chi connectivity index (χ1) is 6.27. The molecular formula is C8H6N2O2S.